The fourth-order valence-electron chi connectivity index (χ4n) is 3.11. The molecule has 1 aliphatic rings. The number of nitrogens with zero attached hydrogens (tertiary/aromatic N) is 1. The van der Waals surface area contributed by atoms with Gasteiger partial charge in [-0.1, -0.05) is 23.7 Å². The number of carbonyl (C=O) groups excluding carboxylic acids is 1. The van der Waals surface area contributed by atoms with Gasteiger partial charge in [0.15, 0.2) is 5.58 Å². The second-order valence-electron chi connectivity index (χ2n) is 5.71. The van der Waals surface area contributed by atoms with Crippen molar-refractivity contribution in [1.29, 1.82) is 0 Å². The number of halogens is 1. The van der Waals surface area contributed by atoms with Crippen LogP contribution in [0.4, 0.5) is 0 Å². The summed E-state index contributed by atoms with van der Waals surface area (Å²) in [6.45, 7) is 0.714. The molecule has 1 aromatic heterocycles. The van der Waals surface area contributed by atoms with Gasteiger partial charge in [-0.2, -0.15) is 0 Å². The minimum Gasteiger partial charge on any atom is -0.356 e. The van der Waals surface area contributed by atoms with E-state index < -0.39 is 0 Å². The molecule has 1 saturated carbocycles. The van der Waals surface area contributed by atoms with E-state index in [1.165, 1.54) is 12.8 Å². The summed E-state index contributed by atoms with van der Waals surface area (Å²) in [6, 6.07) is 7.59. The highest BCUT2D eigenvalue weighted by atomic mass is 35.5. The van der Waals surface area contributed by atoms with E-state index in [1.54, 1.807) is 0 Å². The van der Waals surface area contributed by atoms with E-state index in [0.29, 0.717) is 30.0 Å². The molecule has 1 fully saturated rings. The topological polar surface area (TPSA) is 55.1 Å². The van der Waals surface area contributed by atoms with E-state index in [1.807, 2.05) is 24.3 Å². The first-order valence-electron chi connectivity index (χ1n) is 7.44. The van der Waals surface area contributed by atoms with Crippen LogP contribution < -0.4 is 5.32 Å². The first kappa shape index (κ1) is 14.4. The Morgan fingerprint density at radius 2 is 2.14 bits per heavy atom. The fraction of sp³-hybridized carbons (Fsp3) is 0.500. The average molecular weight is 307 g/mol. The summed E-state index contributed by atoms with van der Waals surface area (Å²) in [5.74, 6) is 1.74. The number of aromatic nitrogens is 1. The molecule has 4 nitrogen and oxygen atoms in total. The Kier molecular flexibility index (Phi) is 4.44. The highest BCUT2D eigenvalue weighted by Gasteiger charge is 2.26. The van der Waals surface area contributed by atoms with Gasteiger partial charge in [-0.25, -0.2) is 0 Å². The van der Waals surface area contributed by atoms with Crippen LogP contribution in [0.2, 0.25) is 0 Å². The molecule has 2 aromatic rings. The molecule has 0 saturated heterocycles. The Bertz CT molecular complexity index is 626. The number of alkyl halides is 1. The van der Waals surface area contributed by atoms with Gasteiger partial charge in [0.05, 0.1) is 6.42 Å². The summed E-state index contributed by atoms with van der Waals surface area (Å²) >= 11 is 5.96. The van der Waals surface area contributed by atoms with Gasteiger partial charge in [-0.3, -0.25) is 4.79 Å². The van der Waals surface area contributed by atoms with Crippen molar-refractivity contribution in [1.82, 2.24) is 10.5 Å². The zero-order valence-corrected chi connectivity index (χ0v) is 12.6. The molecule has 2 unspecified atom stereocenters. The van der Waals surface area contributed by atoms with Crippen molar-refractivity contribution in [3.63, 3.8) is 0 Å². The lowest BCUT2D eigenvalue weighted by atomic mass is 9.98. The van der Waals surface area contributed by atoms with Gasteiger partial charge in [-0.05, 0) is 36.8 Å². The first-order chi connectivity index (χ1) is 10.3. The van der Waals surface area contributed by atoms with Gasteiger partial charge in [0.25, 0.3) is 0 Å². The number of carbonyl (C=O) groups is 1. The molecule has 0 bridgehead atoms. The van der Waals surface area contributed by atoms with E-state index in [0.717, 1.165) is 17.4 Å². The SMILES string of the molecule is O=C(Cc1noc2ccccc12)NCC1CCCC1CCl. The van der Waals surface area contributed by atoms with Crippen molar-refractivity contribution in [2.24, 2.45) is 11.8 Å². The highest BCUT2D eigenvalue weighted by Crippen LogP contribution is 2.31. The molecule has 0 spiro atoms. The fourth-order valence-corrected chi connectivity index (χ4v) is 3.52. The van der Waals surface area contributed by atoms with Gasteiger partial charge >= 0.3 is 0 Å². The van der Waals surface area contributed by atoms with Crippen LogP contribution in [0.1, 0.15) is 25.0 Å². The first-order valence-corrected chi connectivity index (χ1v) is 7.97. The third kappa shape index (κ3) is 3.21. The number of para-hydroxylation sites is 1. The normalized spacial score (nSPS) is 21.8. The maximum atomic E-state index is 12.1. The second kappa shape index (κ2) is 6.48. The maximum absolute atomic E-state index is 12.1. The van der Waals surface area contributed by atoms with Crippen molar-refractivity contribution in [2.75, 3.05) is 12.4 Å². The molecule has 1 heterocycles. The number of rotatable bonds is 5. The molecule has 3 rings (SSSR count). The van der Waals surface area contributed by atoms with Crippen LogP contribution in [0.15, 0.2) is 28.8 Å². The molecule has 1 aliphatic carbocycles. The largest absolute Gasteiger partial charge is 0.356 e. The standard InChI is InChI=1S/C16H19ClN2O2/c17-9-11-4-3-5-12(11)10-18-16(20)8-14-13-6-1-2-7-15(13)21-19-14/h1-2,6-7,11-12H,3-5,8-10H2,(H,18,20). The predicted molar refractivity (Wildman–Crippen MR) is 82.3 cm³/mol. The molecule has 2 atom stereocenters. The third-order valence-corrected chi connectivity index (χ3v) is 4.75. The van der Waals surface area contributed by atoms with Gasteiger partial charge in [-0.15, -0.1) is 11.6 Å². The van der Waals surface area contributed by atoms with E-state index in [-0.39, 0.29) is 12.3 Å². The van der Waals surface area contributed by atoms with E-state index in [4.69, 9.17) is 16.1 Å². The summed E-state index contributed by atoms with van der Waals surface area (Å²) in [6.07, 6.45) is 3.81. The second-order valence-corrected chi connectivity index (χ2v) is 6.02. The Balaban J connectivity index is 1.57. The van der Waals surface area contributed by atoms with Crippen molar-refractivity contribution in [2.45, 2.75) is 25.7 Å². The van der Waals surface area contributed by atoms with Gasteiger partial charge in [0.1, 0.15) is 5.69 Å². The van der Waals surface area contributed by atoms with Crippen molar-refractivity contribution in [3.05, 3.63) is 30.0 Å². The lowest BCUT2D eigenvalue weighted by Crippen LogP contribution is -2.32. The third-order valence-electron chi connectivity index (χ3n) is 4.36. The Hall–Kier alpha value is -1.55. The molecular formula is C16H19ClN2O2. The van der Waals surface area contributed by atoms with Crippen molar-refractivity contribution >= 4 is 28.5 Å². The van der Waals surface area contributed by atoms with Gasteiger partial charge in [0, 0.05) is 17.8 Å². The minimum absolute atomic E-state index is 0.00530. The summed E-state index contributed by atoms with van der Waals surface area (Å²) in [7, 11) is 0. The van der Waals surface area contributed by atoms with E-state index in [9.17, 15) is 4.79 Å². The Morgan fingerprint density at radius 3 is 3.00 bits per heavy atom. The van der Waals surface area contributed by atoms with Gasteiger partial charge < -0.3 is 9.84 Å². The zero-order chi connectivity index (χ0) is 14.7. The maximum Gasteiger partial charge on any atom is 0.226 e. The van der Waals surface area contributed by atoms with Crippen molar-refractivity contribution in [3.8, 4) is 0 Å². The minimum atomic E-state index is -0.00530. The van der Waals surface area contributed by atoms with E-state index in [2.05, 4.69) is 10.5 Å². The molecule has 1 aromatic carbocycles. The summed E-state index contributed by atoms with van der Waals surface area (Å²) in [5, 5.41) is 7.91. The predicted octanol–water partition coefficient (Wildman–Crippen LogP) is 3.14. The number of nitrogens with one attached hydrogen (secondary N) is 1. The number of benzene rings is 1. The van der Waals surface area contributed by atoms with E-state index >= 15 is 0 Å². The van der Waals surface area contributed by atoms with Crippen LogP contribution in [0.5, 0.6) is 0 Å². The quantitative estimate of drug-likeness (QED) is 0.863. The monoisotopic (exact) mass is 306 g/mol. The van der Waals surface area contributed by atoms with Crippen LogP contribution in [-0.2, 0) is 11.2 Å². The lowest BCUT2D eigenvalue weighted by molar-refractivity contribution is -0.120. The lowest BCUT2D eigenvalue weighted by Gasteiger charge is -2.17. The number of hydrogen-bond donors (Lipinski definition) is 1. The summed E-state index contributed by atoms with van der Waals surface area (Å²) < 4.78 is 5.21. The van der Waals surface area contributed by atoms with Crippen LogP contribution in [-0.4, -0.2) is 23.5 Å². The Labute approximate surface area is 128 Å². The molecular weight excluding hydrogens is 288 g/mol. The summed E-state index contributed by atoms with van der Waals surface area (Å²) in [5.41, 5.74) is 1.42. The Morgan fingerprint density at radius 1 is 1.33 bits per heavy atom. The molecule has 1 N–H and O–H groups in total. The van der Waals surface area contributed by atoms with Crippen LogP contribution in [0.3, 0.4) is 0 Å². The molecule has 0 radical (unpaired) electrons. The number of hydrogen-bond acceptors (Lipinski definition) is 3. The number of fused-ring (bicyclic) bond motifs is 1. The average Bonchev–Trinajstić information content (AvgIpc) is 3.12. The molecule has 1 amide bonds. The molecule has 112 valence electrons. The van der Waals surface area contributed by atoms with Crippen molar-refractivity contribution < 1.29 is 9.32 Å². The molecule has 0 aliphatic heterocycles. The molecule has 5 heteroatoms. The highest BCUT2D eigenvalue weighted by molar-refractivity contribution is 6.18. The number of amides is 1. The van der Waals surface area contributed by atoms with Crippen LogP contribution in [0.25, 0.3) is 11.0 Å². The molecule has 21 heavy (non-hydrogen) atoms. The van der Waals surface area contributed by atoms with Crippen LogP contribution in [0, 0.1) is 11.8 Å². The van der Waals surface area contributed by atoms with Gasteiger partial charge in [0.2, 0.25) is 5.91 Å². The van der Waals surface area contributed by atoms with Crippen LogP contribution >= 0.6 is 11.6 Å². The zero-order valence-electron chi connectivity index (χ0n) is 11.8. The smallest absolute Gasteiger partial charge is 0.226 e. The summed E-state index contributed by atoms with van der Waals surface area (Å²) in [4.78, 5) is 12.1.